The van der Waals surface area contributed by atoms with Gasteiger partial charge in [0.1, 0.15) is 5.75 Å². The van der Waals surface area contributed by atoms with Crippen LogP contribution in [-0.2, 0) is 52.8 Å². The zero-order valence-corrected chi connectivity index (χ0v) is 61.0. The van der Waals surface area contributed by atoms with Crippen molar-refractivity contribution < 1.29 is 50.8 Å². The topological polar surface area (TPSA) is 196 Å². The molecular weight excluding hydrogens is 1120 g/mol. The van der Waals surface area contributed by atoms with E-state index in [1.165, 1.54) is 16.9 Å². The SMILES string of the molecule is COB=NC1CNC(=O)[C@@H]2[C@@H](O[Si](C)(C)C(C)(C)C)[C@@H](C)CN2C(=O)[C@H](C(C)O[Si](C)(C)C(C)(C)C)NC(=O)[C@H]([C@@H](Cc2ccc(O[Si](C)(C)C(C)(C)C)cc2)O[Si](C)(C)C(C)(C)C)NC(=O)[C@@H]2C[C@@H](O[Si](C)(C)C(C)(C)C)CN2C1=O. The first-order valence-electron chi connectivity index (χ1n) is 29.9. The third kappa shape index (κ3) is 16.9. The van der Waals surface area contributed by atoms with Crippen LogP contribution < -0.4 is 20.4 Å². The van der Waals surface area contributed by atoms with E-state index in [1.807, 2.05) is 31.2 Å². The van der Waals surface area contributed by atoms with Crippen molar-refractivity contribution in [3.05, 3.63) is 29.8 Å². The first kappa shape index (κ1) is 71.4. The summed E-state index contributed by atoms with van der Waals surface area (Å²) < 4.78 is 40.6. The second-order valence-electron chi connectivity index (χ2n) is 31.4. The molecule has 466 valence electrons. The van der Waals surface area contributed by atoms with Crippen LogP contribution in [0.1, 0.15) is 130 Å². The number of amides is 5. The van der Waals surface area contributed by atoms with Crippen LogP contribution in [0.2, 0.25) is 90.7 Å². The molecule has 3 heterocycles. The van der Waals surface area contributed by atoms with Gasteiger partial charge in [-0.05, 0) is 48.4 Å². The molecule has 2 unspecified atom stereocenters. The Morgan fingerprint density at radius 3 is 1.60 bits per heavy atom. The summed E-state index contributed by atoms with van der Waals surface area (Å²) in [7, 11) is -10.2. The van der Waals surface area contributed by atoms with Crippen LogP contribution in [0.15, 0.2) is 29.2 Å². The van der Waals surface area contributed by atoms with Crippen LogP contribution in [0, 0.1) is 5.92 Å². The fraction of sp³-hybridized carbons (Fsp3) is 0.814. The molecule has 4 rings (SSSR count). The number of nitrogens with zero attached hydrogens (tertiary/aromatic N) is 3. The van der Waals surface area contributed by atoms with Crippen molar-refractivity contribution in [2.45, 2.75) is 276 Å². The molecule has 0 saturated carbocycles. The molecule has 10 atom stereocenters. The maximum absolute atomic E-state index is 16.2. The van der Waals surface area contributed by atoms with Crippen molar-refractivity contribution in [3.63, 3.8) is 0 Å². The average Bonchev–Trinajstić information content (AvgIpc) is 3.87. The van der Waals surface area contributed by atoms with Gasteiger partial charge in [-0.15, -0.1) is 0 Å². The molecule has 0 aliphatic carbocycles. The van der Waals surface area contributed by atoms with Gasteiger partial charge in [-0.25, -0.2) is 0 Å². The summed E-state index contributed by atoms with van der Waals surface area (Å²) in [5, 5.41) is 8.29. The molecule has 3 N–H and O–H groups in total. The van der Waals surface area contributed by atoms with Gasteiger partial charge in [0, 0.05) is 0 Å². The van der Waals surface area contributed by atoms with E-state index in [0.717, 1.165) is 18.6 Å². The van der Waals surface area contributed by atoms with Crippen LogP contribution in [0.5, 0.6) is 5.75 Å². The van der Waals surface area contributed by atoms with E-state index < -0.39 is 126 Å². The van der Waals surface area contributed by atoms with Gasteiger partial charge in [-0.2, -0.15) is 0 Å². The molecule has 0 bridgehead atoms. The summed E-state index contributed by atoms with van der Waals surface area (Å²) in [5.41, 5.74) is 0.828. The molecule has 0 radical (unpaired) electrons. The predicted molar refractivity (Wildman–Crippen MR) is 343 cm³/mol. The number of carbonyl (C=O) groups is 5. The number of benzene rings is 1. The quantitative estimate of drug-likeness (QED) is 0.133. The second-order valence-corrected chi connectivity index (χ2v) is 55.2. The number of nitrogens with one attached hydrogen (secondary N) is 3. The first-order valence-corrected chi connectivity index (χ1v) is 44.5. The molecule has 5 amide bonds. The molecule has 3 aliphatic rings. The van der Waals surface area contributed by atoms with Crippen molar-refractivity contribution in [1.29, 1.82) is 0 Å². The fourth-order valence-corrected chi connectivity index (χ4v) is 15.8. The van der Waals surface area contributed by atoms with E-state index in [9.17, 15) is 0 Å². The van der Waals surface area contributed by atoms with Crippen molar-refractivity contribution in [3.8, 4) is 5.75 Å². The van der Waals surface area contributed by atoms with Gasteiger partial charge >= 0.3 is 375 Å². The monoisotopic (exact) mass is 1230 g/mol. The molecular formula is C59H111BN6O11Si5. The summed E-state index contributed by atoms with van der Waals surface area (Å²) in [5.74, 6) is -2.51. The van der Waals surface area contributed by atoms with E-state index in [-0.39, 0.29) is 63.6 Å². The van der Waals surface area contributed by atoms with Gasteiger partial charge in [0.25, 0.3) is 0 Å². The van der Waals surface area contributed by atoms with E-state index in [1.54, 1.807) is 6.92 Å². The number of fused-ring (bicyclic) bond motifs is 2. The van der Waals surface area contributed by atoms with Gasteiger partial charge in [0.2, 0.25) is 8.32 Å². The summed E-state index contributed by atoms with van der Waals surface area (Å²) in [6.45, 7) is 57.0. The van der Waals surface area contributed by atoms with Crippen LogP contribution in [0.4, 0.5) is 0 Å². The Kier molecular flexibility index (Phi) is 22.4. The Bertz CT molecular complexity index is 2450. The summed E-state index contributed by atoms with van der Waals surface area (Å²) in [6, 6.07) is 1.48. The molecule has 1 aromatic carbocycles. The minimum atomic E-state index is -2.82. The van der Waals surface area contributed by atoms with Crippen LogP contribution in [0.3, 0.4) is 0 Å². The molecule has 3 fully saturated rings. The third-order valence-corrected chi connectivity index (χ3v) is 42.2. The number of hydrogen-bond donors (Lipinski definition) is 3. The molecule has 23 heteroatoms. The van der Waals surface area contributed by atoms with E-state index >= 15 is 24.0 Å². The molecule has 3 saturated heterocycles. The van der Waals surface area contributed by atoms with Crippen LogP contribution in [-0.4, -0.2) is 170 Å². The molecule has 1 aromatic rings. The average molecular weight is 1230 g/mol. The van der Waals surface area contributed by atoms with Crippen molar-refractivity contribution in [2.75, 3.05) is 26.7 Å². The van der Waals surface area contributed by atoms with Crippen molar-refractivity contribution >= 4 is 78.4 Å². The molecule has 82 heavy (non-hydrogen) atoms. The Morgan fingerprint density at radius 2 is 1.10 bits per heavy atom. The Labute approximate surface area is 501 Å². The third-order valence-electron chi connectivity index (χ3n) is 19.8. The normalized spacial score (nSPS) is 25.7. The zero-order valence-electron chi connectivity index (χ0n) is 56.0. The minimum absolute atomic E-state index is 0.0367. The Morgan fingerprint density at radius 1 is 0.610 bits per heavy atom. The summed E-state index contributed by atoms with van der Waals surface area (Å²) in [4.78, 5) is 86.1. The molecule has 17 nitrogen and oxygen atoms in total. The fourth-order valence-electron chi connectivity index (χ4n) is 9.28. The van der Waals surface area contributed by atoms with Crippen LogP contribution >= 0.6 is 0 Å². The van der Waals surface area contributed by atoms with Crippen molar-refractivity contribution in [1.82, 2.24) is 25.8 Å². The van der Waals surface area contributed by atoms with Gasteiger partial charge in [0.05, 0.1) is 0 Å². The Balaban J connectivity index is 2.10. The maximum atomic E-state index is 16.2. The first-order chi connectivity index (χ1) is 36.9. The second kappa shape index (κ2) is 25.7. The van der Waals surface area contributed by atoms with E-state index in [0.29, 0.717) is 0 Å². The van der Waals surface area contributed by atoms with Gasteiger partial charge < -0.3 is 4.43 Å². The molecule has 3 aliphatic heterocycles. The number of hydrogen-bond acceptors (Lipinski definition) is 12. The van der Waals surface area contributed by atoms with Gasteiger partial charge in [-0.1, -0.05) is 62.3 Å². The summed E-state index contributed by atoms with van der Waals surface area (Å²) in [6.07, 6.45) is -2.92. The summed E-state index contributed by atoms with van der Waals surface area (Å²) >= 11 is 0. The number of carbonyl (C=O) groups excluding carboxylic acids is 5. The van der Waals surface area contributed by atoms with Crippen LogP contribution in [0.25, 0.3) is 0 Å². The van der Waals surface area contributed by atoms with Gasteiger partial charge in [0.15, 0.2) is 0 Å². The van der Waals surface area contributed by atoms with E-state index in [4.69, 9.17) is 26.8 Å². The zero-order chi connectivity index (χ0) is 63.1. The van der Waals surface area contributed by atoms with E-state index in [2.05, 4.69) is 190 Å². The standard InChI is InChI=1S/C59H111BN6O11Si5/c1-38-36-66-48(49(38)77-82(27,28)59(15,16)17)52(69)61-35-43(64-60-72-18)53(70)65-37-42(75-80(23,24)57(9,10)11)34-44(65)50(67)63-47(51(68)62-46(54(66)71)39(2)73-78(19,20)55(3,4)5)45(76-81(25,26)58(12,13)14)33-40-29-31-41(32-30-40)74-79(21,22)56(6,7)8/h29-32,38-39,42-49H,33-37H2,1-28H3,(H,61,69)(H,62,68)(H,63,67)/t38-,39?,42+,43?,44-,45+,46-,47-,48-,49-/m0/s1. The van der Waals surface area contributed by atoms with Gasteiger partial charge in [-0.3, -0.25) is 0 Å². The Hall–Kier alpha value is -3.04. The predicted octanol–water partition coefficient (Wildman–Crippen LogP) is 10.6. The molecule has 0 spiro atoms. The van der Waals surface area contributed by atoms with Crippen molar-refractivity contribution in [2.24, 2.45) is 10.8 Å². The number of rotatable bonds is 16. The molecule has 0 aromatic heterocycles.